The number of carbonyl (C=O) groups is 1. The minimum atomic E-state index is -4.64. The molecule has 0 radical (unpaired) electrons. The van der Waals surface area contributed by atoms with Crippen LogP contribution in [0.2, 0.25) is 0 Å². The van der Waals surface area contributed by atoms with Crippen molar-refractivity contribution in [1.82, 2.24) is 19.5 Å². The second-order valence-electron chi connectivity index (χ2n) is 7.17. The number of rotatable bonds is 2. The van der Waals surface area contributed by atoms with Gasteiger partial charge in [0.1, 0.15) is 0 Å². The molecule has 1 amide bonds. The van der Waals surface area contributed by atoms with Crippen LogP contribution in [0.15, 0.2) is 40.9 Å². The molecular formula is C20H18BrF3N4O. The van der Waals surface area contributed by atoms with Crippen molar-refractivity contribution in [3.8, 4) is 11.3 Å². The van der Waals surface area contributed by atoms with Gasteiger partial charge in [-0.3, -0.25) is 4.79 Å². The number of benzene rings is 1. The third kappa shape index (κ3) is 3.88. The Balaban J connectivity index is 1.82. The highest BCUT2D eigenvalue weighted by atomic mass is 79.9. The molecule has 0 aliphatic carbocycles. The number of alkyl halides is 3. The van der Waals surface area contributed by atoms with Gasteiger partial charge in [0.05, 0.1) is 5.69 Å². The van der Waals surface area contributed by atoms with Crippen LogP contribution in [0.4, 0.5) is 13.2 Å². The Hall–Kier alpha value is -2.42. The van der Waals surface area contributed by atoms with Gasteiger partial charge in [0.25, 0.3) is 5.91 Å². The Kier molecular flexibility index (Phi) is 5.10. The van der Waals surface area contributed by atoms with Crippen molar-refractivity contribution in [2.45, 2.75) is 38.4 Å². The molecule has 4 rings (SSSR count). The van der Waals surface area contributed by atoms with E-state index in [1.54, 1.807) is 29.2 Å². The van der Waals surface area contributed by atoms with Gasteiger partial charge >= 0.3 is 6.18 Å². The minimum Gasteiger partial charge on any atom is -0.335 e. The van der Waals surface area contributed by atoms with Crippen LogP contribution in [0, 0.1) is 0 Å². The molecule has 1 aliphatic heterocycles. The van der Waals surface area contributed by atoms with Crippen molar-refractivity contribution >= 4 is 27.5 Å². The third-order valence-electron chi connectivity index (χ3n) is 5.14. The van der Waals surface area contributed by atoms with Gasteiger partial charge in [-0.1, -0.05) is 28.1 Å². The van der Waals surface area contributed by atoms with E-state index in [0.29, 0.717) is 16.6 Å². The highest BCUT2D eigenvalue weighted by molar-refractivity contribution is 9.10. The molecule has 1 atom stereocenters. The predicted molar refractivity (Wildman–Crippen MR) is 105 cm³/mol. The maximum Gasteiger partial charge on any atom is 0.433 e. The number of halogens is 4. The van der Waals surface area contributed by atoms with Crippen LogP contribution in [-0.2, 0) is 6.18 Å². The summed E-state index contributed by atoms with van der Waals surface area (Å²) in [5.74, 6) is -0.360. The number of nitrogens with zero attached hydrogens (tertiary/aromatic N) is 4. The number of hydrogen-bond acceptors (Lipinski definition) is 3. The first-order valence-electron chi connectivity index (χ1n) is 9.29. The fourth-order valence-electron chi connectivity index (χ4n) is 3.60. The largest absolute Gasteiger partial charge is 0.433 e. The average Bonchev–Trinajstić information content (AvgIpc) is 3.11. The highest BCUT2D eigenvalue weighted by Crippen LogP contribution is 2.33. The summed E-state index contributed by atoms with van der Waals surface area (Å²) < 4.78 is 42.7. The summed E-state index contributed by atoms with van der Waals surface area (Å²) >= 11 is 3.31. The van der Waals surface area contributed by atoms with E-state index in [-0.39, 0.29) is 29.0 Å². The topological polar surface area (TPSA) is 50.5 Å². The predicted octanol–water partition coefficient (Wildman–Crippen LogP) is 5.19. The number of hydrogen-bond donors (Lipinski definition) is 0. The molecule has 3 heterocycles. The summed E-state index contributed by atoms with van der Waals surface area (Å²) in [5, 5.41) is 3.97. The smallest absolute Gasteiger partial charge is 0.335 e. The second-order valence-corrected chi connectivity index (χ2v) is 8.09. The molecule has 0 spiro atoms. The van der Waals surface area contributed by atoms with Gasteiger partial charge < -0.3 is 4.90 Å². The number of carbonyl (C=O) groups excluding carboxylic acids is 1. The number of likely N-dealkylation sites (tertiary alicyclic amines) is 1. The van der Waals surface area contributed by atoms with Crippen molar-refractivity contribution in [1.29, 1.82) is 0 Å². The Bertz CT molecular complexity index is 1060. The fourth-order valence-corrected chi connectivity index (χ4v) is 3.86. The average molecular weight is 467 g/mol. The molecule has 0 saturated carbocycles. The van der Waals surface area contributed by atoms with Gasteiger partial charge in [0.15, 0.2) is 17.0 Å². The van der Waals surface area contributed by atoms with E-state index in [0.717, 1.165) is 29.8 Å². The monoisotopic (exact) mass is 466 g/mol. The van der Waals surface area contributed by atoms with Crippen LogP contribution in [0.5, 0.6) is 0 Å². The maximum atomic E-state index is 13.7. The molecule has 1 aromatic carbocycles. The van der Waals surface area contributed by atoms with E-state index in [1.165, 1.54) is 6.07 Å². The Labute approximate surface area is 173 Å². The summed E-state index contributed by atoms with van der Waals surface area (Å²) in [6, 6.07) is 9.16. The zero-order valence-corrected chi connectivity index (χ0v) is 17.2. The van der Waals surface area contributed by atoms with Crippen molar-refractivity contribution < 1.29 is 18.0 Å². The Morgan fingerprint density at radius 2 is 1.90 bits per heavy atom. The standard InChI is InChI=1S/C20H18BrF3N4O/c1-12-4-2-3-9-27(12)19(29)16-11-18-25-15(13-5-7-14(21)8-6-13)10-17(20(22,23)24)28(18)26-16/h5-8,10-12H,2-4,9H2,1H3/t12-/m0/s1. The van der Waals surface area contributed by atoms with Crippen LogP contribution >= 0.6 is 15.9 Å². The molecule has 1 aliphatic rings. The highest BCUT2D eigenvalue weighted by Gasteiger charge is 2.36. The van der Waals surface area contributed by atoms with Gasteiger partial charge in [0.2, 0.25) is 0 Å². The van der Waals surface area contributed by atoms with Crippen LogP contribution in [0.25, 0.3) is 16.9 Å². The SMILES string of the molecule is C[C@H]1CCCCN1C(=O)c1cc2nc(-c3ccc(Br)cc3)cc(C(F)(F)F)n2n1. The molecule has 29 heavy (non-hydrogen) atoms. The number of aromatic nitrogens is 3. The summed E-state index contributed by atoms with van der Waals surface area (Å²) in [5.41, 5.74) is -0.288. The summed E-state index contributed by atoms with van der Waals surface area (Å²) in [4.78, 5) is 18.9. The van der Waals surface area contributed by atoms with E-state index in [1.807, 2.05) is 6.92 Å². The molecule has 0 unspecified atom stereocenters. The second kappa shape index (κ2) is 7.44. The molecule has 0 N–H and O–H groups in total. The lowest BCUT2D eigenvalue weighted by Crippen LogP contribution is -2.42. The normalized spacial score (nSPS) is 17.7. The van der Waals surface area contributed by atoms with Crippen molar-refractivity contribution in [2.75, 3.05) is 6.54 Å². The van der Waals surface area contributed by atoms with Gasteiger partial charge in [0, 0.05) is 28.7 Å². The van der Waals surface area contributed by atoms with Gasteiger partial charge in [-0.25, -0.2) is 9.50 Å². The molecule has 1 fully saturated rings. The summed E-state index contributed by atoms with van der Waals surface area (Å²) in [7, 11) is 0. The molecule has 9 heteroatoms. The van der Waals surface area contributed by atoms with Crippen LogP contribution in [0.1, 0.15) is 42.4 Å². The van der Waals surface area contributed by atoms with Crippen LogP contribution < -0.4 is 0 Å². The Morgan fingerprint density at radius 3 is 2.55 bits per heavy atom. The number of fused-ring (bicyclic) bond motifs is 1. The van der Waals surface area contributed by atoms with E-state index in [4.69, 9.17) is 0 Å². The molecule has 5 nitrogen and oxygen atoms in total. The molecule has 3 aromatic rings. The number of amides is 1. The zero-order chi connectivity index (χ0) is 20.8. The summed E-state index contributed by atoms with van der Waals surface area (Å²) in [6.45, 7) is 2.52. The van der Waals surface area contributed by atoms with Crippen molar-refractivity contribution in [3.05, 3.63) is 52.3 Å². The first-order valence-corrected chi connectivity index (χ1v) is 10.1. The van der Waals surface area contributed by atoms with Gasteiger partial charge in [-0.05, 0) is 44.4 Å². The van der Waals surface area contributed by atoms with Crippen LogP contribution in [0.3, 0.4) is 0 Å². The maximum absolute atomic E-state index is 13.7. The molecule has 2 aromatic heterocycles. The van der Waals surface area contributed by atoms with E-state index < -0.39 is 11.9 Å². The Morgan fingerprint density at radius 1 is 1.17 bits per heavy atom. The quantitative estimate of drug-likeness (QED) is 0.521. The molecule has 0 bridgehead atoms. The van der Waals surface area contributed by atoms with Gasteiger partial charge in [-0.15, -0.1) is 0 Å². The van der Waals surface area contributed by atoms with Gasteiger partial charge in [-0.2, -0.15) is 18.3 Å². The van der Waals surface area contributed by atoms with E-state index in [2.05, 4.69) is 26.0 Å². The molecular weight excluding hydrogens is 449 g/mol. The van der Waals surface area contributed by atoms with E-state index >= 15 is 0 Å². The fraction of sp³-hybridized carbons (Fsp3) is 0.350. The first-order chi connectivity index (χ1) is 13.7. The minimum absolute atomic E-state index is 0.00856. The van der Waals surface area contributed by atoms with Crippen molar-refractivity contribution in [2.24, 2.45) is 0 Å². The third-order valence-corrected chi connectivity index (χ3v) is 5.67. The lowest BCUT2D eigenvalue weighted by molar-refractivity contribution is -0.142. The zero-order valence-electron chi connectivity index (χ0n) is 15.6. The van der Waals surface area contributed by atoms with E-state index in [9.17, 15) is 18.0 Å². The summed E-state index contributed by atoms with van der Waals surface area (Å²) in [6.07, 6.45) is -1.86. The van der Waals surface area contributed by atoms with Crippen molar-refractivity contribution in [3.63, 3.8) is 0 Å². The first kappa shape index (κ1) is 19.9. The lowest BCUT2D eigenvalue weighted by Gasteiger charge is -2.32. The number of piperidine rings is 1. The lowest BCUT2D eigenvalue weighted by atomic mass is 10.0. The molecule has 1 saturated heterocycles. The molecule has 152 valence electrons. The van der Waals surface area contributed by atoms with Crippen LogP contribution in [-0.4, -0.2) is 38.0 Å².